The molecule has 0 aliphatic carbocycles. The van der Waals surface area contributed by atoms with E-state index in [0.29, 0.717) is 0 Å². The van der Waals surface area contributed by atoms with Crippen molar-refractivity contribution in [3.05, 3.63) is 16.5 Å². The number of rotatable bonds is 1. The van der Waals surface area contributed by atoms with Crippen LogP contribution in [0, 0.1) is 0 Å². The van der Waals surface area contributed by atoms with Crippen LogP contribution in [0.15, 0.2) is 10.9 Å². The van der Waals surface area contributed by atoms with Crippen LogP contribution in [0.1, 0.15) is 10.4 Å². The molecule has 3 N–H and O–H groups in total. The highest BCUT2D eigenvalue weighted by molar-refractivity contribution is 9.10. The highest BCUT2D eigenvalue weighted by Crippen LogP contribution is 2.09. The van der Waals surface area contributed by atoms with Crippen LogP contribution >= 0.6 is 15.9 Å². The van der Waals surface area contributed by atoms with Gasteiger partial charge < -0.3 is 10.8 Å². The van der Waals surface area contributed by atoms with Crippen LogP contribution in [0.2, 0.25) is 0 Å². The number of carbonyl (C=O) groups is 1. The second-order valence-corrected chi connectivity index (χ2v) is 2.45. The van der Waals surface area contributed by atoms with Crippen LogP contribution in [-0.4, -0.2) is 21.0 Å². The van der Waals surface area contributed by atoms with Gasteiger partial charge in [-0.3, -0.25) is 0 Å². The first kappa shape index (κ1) is 7.93. The molecule has 0 amide bonds. The number of aromatic nitrogens is 2. The van der Waals surface area contributed by atoms with E-state index in [-0.39, 0.29) is 16.1 Å². The van der Waals surface area contributed by atoms with Crippen LogP contribution in [0.4, 0.5) is 5.82 Å². The molecule has 0 fully saturated rings. The zero-order valence-electron chi connectivity index (χ0n) is 5.28. The van der Waals surface area contributed by atoms with Gasteiger partial charge in [-0.1, -0.05) is 0 Å². The molecule has 1 aromatic rings. The van der Waals surface area contributed by atoms with E-state index < -0.39 is 5.97 Å². The normalized spacial score (nSPS) is 9.55. The van der Waals surface area contributed by atoms with Crippen LogP contribution in [0.5, 0.6) is 0 Å². The number of anilines is 1. The zero-order valence-corrected chi connectivity index (χ0v) is 6.87. The number of nitrogens with two attached hydrogens (primary N) is 1. The highest BCUT2D eigenvalue weighted by atomic mass is 79.9. The van der Waals surface area contributed by atoms with Crippen molar-refractivity contribution in [2.45, 2.75) is 0 Å². The highest BCUT2D eigenvalue weighted by Gasteiger charge is 2.08. The first-order chi connectivity index (χ1) is 5.11. The van der Waals surface area contributed by atoms with Gasteiger partial charge in [0.1, 0.15) is 11.4 Å². The summed E-state index contributed by atoms with van der Waals surface area (Å²) < 4.78 is 0.278. The van der Waals surface area contributed by atoms with Gasteiger partial charge in [-0.25, -0.2) is 14.8 Å². The quantitative estimate of drug-likeness (QED) is 0.670. The first-order valence-corrected chi connectivity index (χ1v) is 3.42. The van der Waals surface area contributed by atoms with E-state index >= 15 is 0 Å². The van der Waals surface area contributed by atoms with Crippen molar-refractivity contribution in [2.24, 2.45) is 0 Å². The average molecular weight is 218 g/mol. The molecule has 1 aromatic heterocycles. The lowest BCUT2D eigenvalue weighted by atomic mass is 10.3. The Balaban J connectivity index is 3.20. The Labute approximate surface area is 70.4 Å². The van der Waals surface area contributed by atoms with E-state index in [4.69, 9.17) is 10.8 Å². The summed E-state index contributed by atoms with van der Waals surface area (Å²) in [7, 11) is 0. The Morgan fingerprint density at radius 1 is 1.73 bits per heavy atom. The van der Waals surface area contributed by atoms with Gasteiger partial charge in [0.05, 0.1) is 0 Å². The van der Waals surface area contributed by atoms with Crippen LogP contribution in [-0.2, 0) is 0 Å². The van der Waals surface area contributed by atoms with Gasteiger partial charge in [-0.2, -0.15) is 0 Å². The van der Waals surface area contributed by atoms with Crippen molar-refractivity contribution in [1.29, 1.82) is 0 Å². The van der Waals surface area contributed by atoms with Crippen LogP contribution in [0.25, 0.3) is 0 Å². The summed E-state index contributed by atoms with van der Waals surface area (Å²) in [6, 6.07) is 0. The number of hydrogen-bond donors (Lipinski definition) is 2. The van der Waals surface area contributed by atoms with Gasteiger partial charge >= 0.3 is 5.97 Å². The number of aromatic carboxylic acids is 1. The maximum atomic E-state index is 10.4. The molecule has 0 radical (unpaired) electrons. The lowest BCUT2D eigenvalue weighted by Gasteiger charge is -1.97. The molecule has 58 valence electrons. The fraction of sp³-hybridized carbons (Fsp3) is 0. The molecule has 1 heterocycles. The van der Waals surface area contributed by atoms with Gasteiger partial charge in [0, 0.05) is 6.20 Å². The van der Waals surface area contributed by atoms with E-state index in [1.54, 1.807) is 0 Å². The maximum Gasteiger partial charge on any atom is 0.341 e. The first-order valence-electron chi connectivity index (χ1n) is 2.62. The summed E-state index contributed by atoms with van der Waals surface area (Å²) in [5, 5.41) is 8.48. The Kier molecular flexibility index (Phi) is 2.04. The molecule has 0 spiro atoms. The molecule has 0 atom stereocenters. The van der Waals surface area contributed by atoms with Crippen molar-refractivity contribution in [3.8, 4) is 0 Å². The second-order valence-electron chi connectivity index (χ2n) is 1.74. The monoisotopic (exact) mass is 217 g/mol. The lowest BCUT2D eigenvalue weighted by Crippen LogP contribution is -2.05. The third-order valence-electron chi connectivity index (χ3n) is 1.02. The van der Waals surface area contributed by atoms with Gasteiger partial charge in [0.25, 0.3) is 0 Å². The van der Waals surface area contributed by atoms with Crippen LogP contribution in [0.3, 0.4) is 0 Å². The Morgan fingerprint density at radius 2 is 2.36 bits per heavy atom. The number of halogens is 1. The number of nitrogen functional groups attached to an aromatic ring is 1. The predicted molar refractivity (Wildman–Crippen MR) is 41.1 cm³/mol. The molecule has 1 rings (SSSR count). The number of hydrogen-bond acceptors (Lipinski definition) is 4. The van der Waals surface area contributed by atoms with Gasteiger partial charge in [-0.15, -0.1) is 0 Å². The molecule has 0 aliphatic heterocycles. The zero-order chi connectivity index (χ0) is 8.43. The van der Waals surface area contributed by atoms with Gasteiger partial charge in [0.15, 0.2) is 4.73 Å². The summed E-state index contributed by atoms with van der Waals surface area (Å²) >= 11 is 2.95. The third-order valence-corrected chi connectivity index (χ3v) is 1.40. The molecular formula is C5H4BrN3O2. The summed E-state index contributed by atoms with van der Waals surface area (Å²) in [6.45, 7) is 0. The summed E-state index contributed by atoms with van der Waals surface area (Å²) in [6.07, 6.45) is 1.15. The van der Waals surface area contributed by atoms with E-state index in [1.165, 1.54) is 0 Å². The van der Waals surface area contributed by atoms with Gasteiger partial charge in [-0.05, 0) is 15.9 Å². The third kappa shape index (κ3) is 1.64. The minimum atomic E-state index is -1.13. The van der Waals surface area contributed by atoms with E-state index in [2.05, 4.69) is 25.9 Å². The largest absolute Gasteiger partial charge is 0.477 e. The fourth-order valence-electron chi connectivity index (χ4n) is 0.537. The van der Waals surface area contributed by atoms with Crippen molar-refractivity contribution >= 4 is 27.7 Å². The fourth-order valence-corrected chi connectivity index (χ4v) is 0.831. The molecule has 0 saturated carbocycles. The van der Waals surface area contributed by atoms with E-state index in [0.717, 1.165) is 6.20 Å². The molecule has 0 aromatic carbocycles. The van der Waals surface area contributed by atoms with E-state index in [9.17, 15) is 4.79 Å². The second kappa shape index (κ2) is 2.83. The Bertz CT molecular complexity index is 302. The SMILES string of the molecule is Nc1nc(Br)ncc1C(=O)O. The maximum absolute atomic E-state index is 10.4. The molecule has 0 bridgehead atoms. The standard InChI is InChI=1S/C5H4BrN3O2/c6-5-8-1-2(4(10)11)3(7)9-5/h1H,(H,10,11)(H2,7,8,9). The summed E-state index contributed by atoms with van der Waals surface area (Å²) in [5.41, 5.74) is 5.17. The average Bonchev–Trinajstić information content (AvgIpc) is 1.85. The minimum Gasteiger partial charge on any atom is -0.477 e. The lowest BCUT2D eigenvalue weighted by molar-refractivity contribution is 0.0697. The minimum absolute atomic E-state index is 0.0422. The number of carboxylic acids is 1. The molecular weight excluding hydrogens is 214 g/mol. The molecule has 5 nitrogen and oxygen atoms in total. The molecule has 0 aliphatic rings. The molecule has 6 heteroatoms. The molecule has 0 unspecified atom stereocenters. The summed E-state index contributed by atoms with van der Waals surface area (Å²) in [4.78, 5) is 17.6. The molecule has 0 saturated heterocycles. The van der Waals surface area contributed by atoms with E-state index in [1.807, 2.05) is 0 Å². The molecule has 11 heavy (non-hydrogen) atoms. The smallest absolute Gasteiger partial charge is 0.341 e. The number of carboxylic acid groups (broad SMARTS) is 1. The summed E-state index contributed by atoms with van der Waals surface area (Å²) in [5.74, 6) is -1.17. The van der Waals surface area contributed by atoms with Crippen molar-refractivity contribution in [2.75, 3.05) is 5.73 Å². The Morgan fingerprint density at radius 3 is 2.82 bits per heavy atom. The van der Waals surface area contributed by atoms with Crippen molar-refractivity contribution < 1.29 is 9.90 Å². The Hall–Kier alpha value is -1.17. The number of nitrogens with zero attached hydrogens (tertiary/aromatic N) is 2. The van der Waals surface area contributed by atoms with Crippen molar-refractivity contribution in [3.63, 3.8) is 0 Å². The van der Waals surface area contributed by atoms with Gasteiger partial charge in [0.2, 0.25) is 0 Å². The van der Waals surface area contributed by atoms with Crippen molar-refractivity contribution in [1.82, 2.24) is 9.97 Å². The predicted octanol–water partition coefficient (Wildman–Crippen LogP) is 0.519. The topological polar surface area (TPSA) is 89.1 Å². The van der Waals surface area contributed by atoms with Crippen LogP contribution < -0.4 is 5.73 Å².